The molecule has 0 radical (unpaired) electrons. The van der Waals surface area contributed by atoms with Crippen LogP contribution in [-0.4, -0.2) is 15.7 Å². The number of para-hydroxylation sites is 1. The van der Waals surface area contributed by atoms with E-state index in [4.69, 9.17) is 0 Å². The Balaban J connectivity index is 1.91. The average molecular weight is 311 g/mol. The topological polar surface area (TPSA) is 64.0 Å². The van der Waals surface area contributed by atoms with Gasteiger partial charge in [0, 0.05) is 24.5 Å². The van der Waals surface area contributed by atoms with Gasteiger partial charge in [-0.2, -0.15) is 5.10 Å². The average Bonchev–Trinajstić information content (AvgIpc) is 2.57. The molecule has 3 rings (SSSR count). The van der Waals surface area contributed by atoms with Crippen molar-refractivity contribution in [2.45, 2.75) is 6.54 Å². The molecule has 0 aliphatic heterocycles. The molecule has 23 heavy (non-hydrogen) atoms. The van der Waals surface area contributed by atoms with Crippen LogP contribution in [0.25, 0.3) is 10.9 Å². The van der Waals surface area contributed by atoms with Crippen molar-refractivity contribution in [2.75, 3.05) is 0 Å². The molecule has 1 heterocycles. The second-order valence-corrected chi connectivity index (χ2v) is 5.09. The van der Waals surface area contributed by atoms with Crippen LogP contribution in [0.1, 0.15) is 16.1 Å². The summed E-state index contributed by atoms with van der Waals surface area (Å²) in [5, 5.41) is 6.99. The molecule has 6 heteroatoms. The van der Waals surface area contributed by atoms with Crippen molar-refractivity contribution >= 4 is 16.8 Å². The van der Waals surface area contributed by atoms with Gasteiger partial charge in [0.2, 0.25) is 5.43 Å². The fourth-order valence-electron chi connectivity index (χ4n) is 2.37. The summed E-state index contributed by atoms with van der Waals surface area (Å²) >= 11 is 0. The van der Waals surface area contributed by atoms with E-state index < -0.39 is 17.2 Å². The van der Waals surface area contributed by atoms with Gasteiger partial charge in [-0.15, -0.1) is 0 Å². The minimum absolute atomic E-state index is 0.0107. The molecule has 0 saturated carbocycles. The fraction of sp³-hybridized carbons (Fsp3) is 0.118. The van der Waals surface area contributed by atoms with Gasteiger partial charge in [-0.1, -0.05) is 30.3 Å². The van der Waals surface area contributed by atoms with E-state index >= 15 is 0 Å². The largest absolute Gasteiger partial charge is 0.346 e. The predicted octanol–water partition coefficient (Wildman–Crippen LogP) is 2.00. The number of nitrogens with one attached hydrogen (secondary N) is 1. The summed E-state index contributed by atoms with van der Waals surface area (Å²) in [6, 6.07) is 13.1. The number of benzene rings is 2. The maximum Gasteiger partial charge on any atom is 0.276 e. The SMILES string of the molecule is Cn1nc(C(=O)NCc2ccccc2F)c(=O)c2ccccc21. The van der Waals surface area contributed by atoms with Gasteiger partial charge < -0.3 is 5.32 Å². The van der Waals surface area contributed by atoms with Gasteiger partial charge in [0.05, 0.1) is 5.52 Å². The lowest BCUT2D eigenvalue weighted by Crippen LogP contribution is -2.31. The van der Waals surface area contributed by atoms with Crippen LogP contribution in [-0.2, 0) is 13.6 Å². The lowest BCUT2D eigenvalue weighted by Gasteiger charge is -2.08. The summed E-state index contributed by atoms with van der Waals surface area (Å²) in [5.74, 6) is -1.04. The summed E-state index contributed by atoms with van der Waals surface area (Å²) in [7, 11) is 1.66. The Hall–Kier alpha value is -3.02. The predicted molar refractivity (Wildman–Crippen MR) is 84.6 cm³/mol. The van der Waals surface area contributed by atoms with E-state index in [1.165, 1.54) is 10.7 Å². The number of fused-ring (bicyclic) bond motifs is 1. The highest BCUT2D eigenvalue weighted by Crippen LogP contribution is 2.09. The highest BCUT2D eigenvalue weighted by Gasteiger charge is 2.16. The molecule has 2 aromatic carbocycles. The second kappa shape index (κ2) is 6.00. The lowest BCUT2D eigenvalue weighted by molar-refractivity contribution is 0.0942. The van der Waals surface area contributed by atoms with Gasteiger partial charge in [-0.25, -0.2) is 4.39 Å². The van der Waals surface area contributed by atoms with Crippen LogP contribution >= 0.6 is 0 Å². The zero-order valence-electron chi connectivity index (χ0n) is 12.4. The van der Waals surface area contributed by atoms with Crippen molar-refractivity contribution in [3.05, 3.63) is 75.8 Å². The Morgan fingerprint density at radius 1 is 1.17 bits per heavy atom. The molecule has 1 amide bonds. The second-order valence-electron chi connectivity index (χ2n) is 5.09. The van der Waals surface area contributed by atoms with Gasteiger partial charge in [0.25, 0.3) is 5.91 Å². The first kappa shape index (κ1) is 14.9. The van der Waals surface area contributed by atoms with Crippen LogP contribution in [0, 0.1) is 5.82 Å². The smallest absolute Gasteiger partial charge is 0.276 e. The van der Waals surface area contributed by atoms with E-state index in [0.717, 1.165) is 0 Å². The Morgan fingerprint density at radius 2 is 1.87 bits per heavy atom. The van der Waals surface area contributed by atoms with Gasteiger partial charge >= 0.3 is 0 Å². The maximum atomic E-state index is 13.6. The van der Waals surface area contributed by atoms with E-state index in [2.05, 4.69) is 10.4 Å². The van der Waals surface area contributed by atoms with Crippen molar-refractivity contribution in [1.29, 1.82) is 0 Å². The van der Waals surface area contributed by atoms with Crippen LogP contribution in [0.4, 0.5) is 4.39 Å². The zero-order valence-corrected chi connectivity index (χ0v) is 12.4. The first-order chi connectivity index (χ1) is 11.1. The normalized spacial score (nSPS) is 10.7. The van der Waals surface area contributed by atoms with Crippen molar-refractivity contribution < 1.29 is 9.18 Å². The molecule has 3 aromatic rings. The molecule has 0 aliphatic carbocycles. The number of rotatable bonds is 3. The number of amides is 1. The number of carbonyl (C=O) groups excluding carboxylic acids is 1. The third-order valence-electron chi connectivity index (χ3n) is 3.57. The third-order valence-corrected chi connectivity index (χ3v) is 3.57. The molecule has 0 spiro atoms. The van der Waals surface area contributed by atoms with Gasteiger partial charge in [-0.05, 0) is 18.2 Å². The Morgan fingerprint density at radius 3 is 2.65 bits per heavy atom. The molecule has 0 unspecified atom stereocenters. The van der Waals surface area contributed by atoms with Gasteiger partial charge in [0.15, 0.2) is 5.69 Å². The summed E-state index contributed by atoms with van der Waals surface area (Å²) in [4.78, 5) is 24.6. The zero-order chi connectivity index (χ0) is 16.4. The molecule has 1 N–H and O–H groups in total. The van der Waals surface area contributed by atoms with Crippen LogP contribution in [0.3, 0.4) is 0 Å². The highest BCUT2D eigenvalue weighted by molar-refractivity contribution is 5.95. The molecule has 0 atom stereocenters. The molecule has 1 aromatic heterocycles. The van der Waals surface area contributed by atoms with Crippen molar-refractivity contribution in [1.82, 2.24) is 15.1 Å². The number of nitrogens with zero attached hydrogens (tertiary/aromatic N) is 2. The minimum atomic E-state index is -0.625. The van der Waals surface area contributed by atoms with E-state index in [-0.39, 0.29) is 12.2 Å². The Kier molecular flexibility index (Phi) is 3.89. The van der Waals surface area contributed by atoms with E-state index in [0.29, 0.717) is 16.5 Å². The van der Waals surface area contributed by atoms with Crippen molar-refractivity contribution in [3.63, 3.8) is 0 Å². The molecule has 0 fully saturated rings. The van der Waals surface area contributed by atoms with E-state index in [9.17, 15) is 14.0 Å². The van der Waals surface area contributed by atoms with Crippen LogP contribution in [0.15, 0.2) is 53.3 Å². The quantitative estimate of drug-likeness (QED) is 0.804. The number of halogens is 1. The lowest BCUT2D eigenvalue weighted by atomic mass is 10.2. The number of hydrogen-bond acceptors (Lipinski definition) is 3. The Labute approximate surface area is 131 Å². The van der Waals surface area contributed by atoms with Gasteiger partial charge in [-0.3, -0.25) is 14.3 Å². The molecular formula is C17H14FN3O2. The standard InChI is InChI=1S/C17H14FN3O2/c1-21-14-9-5-3-7-12(14)16(22)15(20-21)17(23)19-10-11-6-2-4-8-13(11)18/h2-9H,10H2,1H3,(H,19,23). The highest BCUT2D eigenvalue weighted by atomic mass is 19.1. The van der Waals surface area contributed by atoms with Crippen LogP contribution in [0.5, 0.6) is 0 Å². The molecule has 0 saturated heterocycles. The third kappa shape index (κ3) is 2.83. The molecule has 0 bridgehead atoms. The monoisotopic (exact) mass is 311 g/mol. The van der Waals surface area contributed by atoms with Crippen LogP contribution < -0.4 is 10.7 Å². The molecule has 5 nitrogen and oxygen atoms in total. The molecule has 116 valence electrons. The number of aryl methyl sites for hydroxylation is 1. The number of carbonyl (C=O) groups is 1. The van der Waals surface area contributed by atoms with Crippen LogP contribution in [0.2, 0.25) is 0 Å². The molecule has 0 aliphatic rings. The Bertz CT molecular complexity index is 950. The summed E-state index contributed by atoms with van der Waals surface area (Å²) in [6.07, 6.45) is 0. The summed E-state index contributed by atoms with van der Waals surface area (Å²) < 4.78 is 15.0. The fourth-order valence-corrected chi connectivity index (χ4v) is 2.37. The summed E-state index contributed by atoms with van der Waals surface area (Å²) in [6.45, 7) is -0.0107. The first-order valence-corrected chi connectivity index (χ1v) is 7.05. The van der Waals surface area contributed by atoms with Crippen molar-refractivity contribution in [2.24, 2.45) is 7.05 Å². The van der Waals surface area contributed by atoms with E-state index in [1.807, 2.05) is 0 Å². The van der Waals surface area contributed by atoms with Crippen molar-refractivity contribution in [3.8, 4) is 0 Å². The first-order valence-electron chi connectivity index (χ1n) is 7.05. The van der Waals surface area contributed by atoms with E-state index in [1.54, 1.807) is 49.5 Å². The summed E-state index contributed by atoms with van der Waals surface area (Å²) in [5.41, 5.74) is 0.342. The number of aromatic nitrogens is 2. The van der Waals surface area contributed by atoms with Gasteiger partial charge in [0.1, 0.15) is 5.82 Å². The maximum absolute atomic E-state index is 13.6. The molecular weight excluding hydrogens is 297 g/mol. The minimum Gasteiger partial charge on any atom is -0.346 e. The number of hydrogen-bond donors (Lipinski definition) is 1.